The number of oxazole rings is 1. The lowest BCUT2D eigenvalue weighted by Gasteiger charge is -2.20. The lowest BCUT2D eigenvalue weighted by atomic mass is 9.94. The molecular formula is C16H19N3O3S. The number of carbonyl (C=O) groups excluding carboxylic acids is 2. The molecule has 7 heteroatoms. The highest BCUT2D eigenvalue weighted by molar-refractivity contribution is 7.08. The van der Waals surface area contributed by atoms with Crippen LogP contribution in [0.3, 0.4) is 0 Å². The van der Waals surface area contributed by atoms with E-state index in [4.69, 9.17) is 4.42 Å². The van der Waals surface area contributed by atoms with E-state index in [1.807, 2.05) is 37.6 Å². The molecule has 2 aromatic rings. The fourth-order valence-corrected chi connectivity index (χ4v) is 3.22. The molecule has 0 saturated carbocycles. The van der Waals surface area contributed by atoms with Crippen LogP contribution < -0.4 is 5.32 Å². The summed E-state index contributed by atoms with van der Waals surface area (Å²) in [5, 5.41) is 6.51. The van der Waals surface area contributed by atoms with E-state index < -0.39 is 11.6 Å². The minimum atomic E-state index is -1.03. The Morgan fingerprint density at radius 1 is 1.39 bits per heavy atom. The standard InChI is InChI=1S/C16H19N3O3S/c1-15(2,3)11-7-17-12(22-11)8-19-13(20)16(4,18-14(19)21)10-5-6-23-9-10/h5-7,9H,8H2,1-4H3,(H,18,21)/t16-/m1/s1. The van der Waals surface area contributed by atoms with Gasteiger partial charge in [0, 0.05) is 5.41 Å². The average molecular weight is 333 g/mol. The zero-order valence-corrected chi connectivity index (χ0v) is 14.4. The van der Waals surface area contributed by atoms with Gasteiger partial charge in [-0.1, -0.05) is 20.8 Å². The van der Waals surface area contributed by atoms with Crippen molar-refractivity contribution < 1.29 is 14.0 Å². The second kappa shape index (κ2) is 5.19. The molecule has 1 atom stereocenters. The number of hydrogen-bond acceptors (Lipinski definition) is 5. The number of thiophene rings is 1. The molecule has 3 amide bonds. The Kier molecular flexibility index (Phi) is 3.55. The van der Waals surface area contributed by atoms with E-state index in [9.17, 15) is 9.59 Å². The lowest BCUT2D eigenvalue weighted by molar-refractivity contribution is -0.131. The molecule has 6 nitrogen and oxygen atoms in total. The van der Waals surface area contributed by atoms with Gasteiger partial charge in [-0.25, -0.2) is 9.78 Å². The predicted octanol–water partition coefficient (Wildman–Crippen LogP) is 3.00. The summed E-state index contributed by atoms with van der Waals surface area (Å²) in [6.45, 7) is 7.78. The second-order valence-electron chi connectivity index (χ2n) is 6.83. The number of hydrogen-bond donors (Lipinski definition) is 1. The molecule has 0 radical (unpaired) electrons. The summed E-state index contributed by atoms with van der Waals surface area (Å²) in [6.07, 6.45) is 1.64. The van der Waals surface area contributed by atoms with Gasteiger partial charge in [0.15, 0.2) is 0 Å². The van der Waals surface area contributed by atoms with Crippen molar-refractivity contribution in [1.29, 1.82) is 0 Å². The third-order valence-electron chi connectivity index (χ3n) is 3.96. The van der Waals surface area contributed by atoms with E-state index in [0.29, 0.717) is 5.89 Å². The fraction of sp³-hybridized carbons (Fsp3) is 0.438. The maximum Gasteiger partial charge on any atom is 0.325 e. The first kappa shape index (κ1) is 15.7. The van der Waals surface area contributed by atoms with Gasteiger partial charge in [0.1, 0.15) is 17.8 Å². The third-order valence-corrected chi connectivity index (χ3v) is 4.64. The lowest BCUT2D eigenvalue weighted by Crippen LogP contribution is -2.40. The van der Waals surface area contributed by atoms with Crippen molar-refractivity contribution in [2.45, 2.75) is 45.2 Å². The van der Waals surface area contributed by atoms with Gasteiger partial charge in [0.25, 0.3) is 5.91 Å². The first-order valence-electron chi connectivity index (χ1n) is 7.34. The number of aromatic nitrogens is 1. The highest BCUT2D eigenvalue weighted by atomic mass is 32.1. The normalized spacial score (nSPS) is 21.8. The van der Waals surface area contributed by atoms with E-state index in [1.165, 1.54) is 11.3 Å². The molecule has 1 fully saturated rings. The first-order valence-corrected chi connectivity index (χ1v) is 8.28. The van der Waals surface area contributed by atoms with Crippen LogP contribution in [0.4, 0.5) is 4.79 Å². The van der Waals surface area contributed by atoms with Crippen LogP contribution in [0.1, 0.15) is 44.9 Å². The van der Waals surface area contributed by atoms with Gasteiger partial charge < -0.3 is 9.73 Å². The maximum atomic E-state index is 12.7. The Bertz CT molecular complexity index is 745. The molecule has 1 aliphatic rings. The van der Waals surface area contributed by atoms with Crippen molar-refractivity contribution in [2.75, 3.05) is 0 Å². The zero-order valence-electron chi connectivity index (χ0n) is 13.5. The van der Waals surface area contributed by atoms with E-state index in [2.05, 4.69) is 10.3 Å². The van der Waals surface area contributed by atoms with E-state index >= 15 is 0 Å². The molecule has 0 bridgehead atoms. The smallest absolute Gasteiger partial charge is 0.325 e. The fourth-order valence-electron chi connectivity index (χ4n) is 2.45. The van der Waals surface area contributed by atoms with Crippen molar-refractivity contribution in [1.82, 2.24) is 15.2 Å². The monoisotopic (exact) mass is 333 g/mol. The molecular weight excluding hydrogens is 314 g/mol. The summed E-state index contributed by atoms with van der Waals surface area (Å²) >= 11 is 1.49. The van der Waals surface area contributed by atoms with Crippen molar-refractivity contribution in [3.63, 3.8) is 0 Å². The van der Waals surface area contributed by atoms with Gasteiger partial charge in [0.05, 0.1) is 6.20 Å². The molecule has 23 heavy (non-hydrogen) atoms. The van der Waals surface area contributed by atoms with Crippen LogP contribution in [-0.2, 0) is 22.3 Å². The van der Waals surface area contributed by atoms with Crippen LogP contribution in [0, 0.1) is 0 Å². The SMILES string of the molecule is CC(C)(C)c1cnc(CN2C(=O)N[C@](C)(c3ccsc3)C2=O)o1. The van der Waals surface area contributed by atoms with Gasteiger partial charge in [-0.05, 0) is 29.3 Å². The predicted molar refractivity (Wildman–Crippen MR) is 86.0 cm³/mol. The van der Waals surface area contributed by atoms with Crippen molar-refractivity contribution >= 4 is 23.3 Å². The summed E-state index contributed by atoms with van der Waals surface area (Å²) < 4.78 is 5.68. The van der Waals surface area contributed by atoms with Gasteiger partial charge in [-0.3, -0.25) is 9.69 Å². The van der Waals surface area contributed by atoms with Gasteiger partial charge in [0.2, 0.25) is 5.89 Å². The molecule has 0 spiro atoms. The minimum Gasteiger partial charge on any atom is -0.443 e. The summed E-state index contributed by atoms with van der Waals surface area (Å²) in [6, 6.07) is 1.41. The number of rotatable bonds is 3. The molecule has 0 unspecified atom stereocenters. The highest BCUT2D eigenvalue weighted by Crippen LogP contribution is 2.31. The van der Waals surface area contributed by atoms with Crippen LogP contribution in [0.25, 0.3) is 0 Å². The molecule has 2 aromatic heterocycles. The van der Waals surface area contributed by atoms with Crippen LogP contribution in [0.2, 0.25) is 0 Å². The highest BCUT2D eigenvalue weighted by Gasteiger charge is 2.49. The summed E-state index contributed by atoms with van der Waals surface area (Å²) in [7, 11) is 0. The van der Waals surface area contributed by atoms with Crippen molar-refractivity contribution in [3.05, 3.63) is 40.2 Å². The molecule has 0 aliphatic carbocycles. The molecule has 1 saturated heterocycles. The Balaban J connectivity index is 1.83. The first-order chi connectivity index (χ1) is 10.7. The summed E-state index contributed by atoms with van der Waals surface area (Å²) in [4.78, 5) is 30.3. The number of carbonyl (C=O) groups is 2. The number of nitrogens with one attached hydrogen (secondary N) is 1. The molecule has 3 heterocycles. The third kappa shape index (κ3) is 2.65. The summed E-state index contributed by atoms with van der Waals surface area (Å²) in [5.41, 5.74) is -0.421. The minimum absolute atomic E-state index is 0.0282. The topological polar surface area (TPSA) is 75.4 Å². The van der Waals surface area contributed by atoms with E-state index in [-0.39, 0.29) is 17.9 Å². The van der Waals surface area contributed by atoms with Gasteiger partial charge >= 0.3 is 6.03 Å². The van der Waals surface area contributed by atoms with Gasteiger partial charge in [-0.15, -0.1) is 0 Å². The Hall–Kier alpha value is -2.15. The Morgan fingerprint density at radius 2 is 2.13 bits per heavy atom. The molecule has 0 aromatic carbocycles. The van der Waals surface area contributed by atoms with E-state index in [1.54, 1.807) is 13.1 Å². The average Bonchev–Trinajstić information content (AvgIpc) is 3.16. The molecule has 3 rings (SSSR count). The van der Waals surface area contributed by atoms with E-state index in [0.717, 1.165) is 16.2 Å². The van der Waals surface area contributed by atoms with Crippen LogP contribution in [-0.4, -0.2) is 21.8 Å². The van der Waals surface area contributed by atoms with Gasteiger partial charge in [-0.2, -0.15) is 11.3 Å². The molecule has 1 N–H and O–H groups in total. The van der Waals surface area contributed by atoms with Crippen LogP contribution in [0.5, 0.6) is 0 Å². The Labute approximate surface area is 138 Å². The Morgan fingerprint density at radius 3 is 2.70 bits per heavy atom. The maximum absolute atomic E-state index is 12.7. The zero-order chi connectivity index (χ0) is 16.8. The number of urea groups is 1. The second-order valence-corrected chi connectivity index (χ2v) is 7.61. The van der Waals surface area contributed by atoms with Crippen LogP contribution >= 0.6 is 11.3 Å². The number of nitrogens with zero attached hydrogens (tertiary/aromatic N) is 2. The van der Waals surface area contributed by atoms with Crippen molar-refractivity contribution in [2.24, 2.45) is 0 Å². The van der Waals surface area contributed by atoms with Crippen LogP contribution in [0.15, 0.2) is 27.4 Å². The summed E-state index contributed by atoms with van der Waals surface area (Å²) in [5.74, 6) is 0.782. The quantitative estimate of drug-likeness (QED) is 0.876. The molecule has 122 valence electrons. The number of imide groups is 1. The molecule has 1 aliphatic heterocycles. The number of amides is 3. The largest absolute Gasteiger partial charge is 0.443 e. The van der Waals surface area contributed by atoms with Crippen molar-refractivity contribution in [3.8, 4) is 0 Å².